The van der Waals surface area contributed by atoms with E-state index >= 15 is 0 Å². The van der Waals surface area contributed by atoms with Crippen LogP contribution in [-0.4, -0.2) is 37.8 Å². The molecule has 2 aliphatic carbocycles. The zero-order chi connectivity index (χ0) is 23.1. The van der Waals surface area contributed by atoms with Gasteiger partial charge in [0.2, 0.25) is 5.91 Å². The third-order valence-electron chi connectivity index (χ3n) is 6.81. The summed E-state index contributed by atoms with van der Waals surface area (Å²) >= 11 is 0. The van der Waals surface area contributed by atoms with Crippen molar-refractivity contribution in [2.75, 3.05) is 5.32 Å². The Labute approximate surface area is 212 Å². The molecule has 0 aliphatic heterocycles. The minimum Gasteiger partial charge on any atom is -0.397 e. The minimum absolute atomic E-state index is 0. The monoisotopic (exact) mass is 632 g/mol. The van der Waals surface area contributed by atoms with Crippen LogP contribution in [0.4, 0.5) is 5.69 Å². The molecule has 5 rings (SSSR count). The minimum atomic E-state index is -0.592. The smallest absolute Gasteiger partial charge is 0.247 e. The van der Waals surface area contributed by atoms with Crippen LogP contribution in [0.5, 0.6) is 0 Å². The van der Waals surface area contributed by atoms with Crippen LogP contribution in [0.3, 0.4) is 0 Å². The largest absolute Gasteiger partial charge is 0.397 e. The van der Waals surface area contributed by atoms with E-state index in [1.165, 1.54) is 10.9 Å². The molecule has 3 N–H and O–H groups in total. The van der Waals surface area contributed by atoms with Crippen molar-refractivity contribution < 1.29 is 30.0 Å². The number of rotatable bonds is 8. The van der Waals surface area contributed by atoms with E-state index in [2.05, 4.69) is 33.0 Å². The van der Waals surface area contributed by atoms with Crippen LogP contribution >= 0.6 is 0 Å². The molecule has 34 heavy (non-hydrogen) atoms. The van der Waals surface area contributed by atoms with Crippen LogP contribution in [0.25, 0.3) is 11.1 Å². The predicted molar refractivity (Wildman–Crippen MR) is 125 cm³/mol. The molecule has 179 valence electrons. The van der Waals surface area contributed by atoms with E-state index in [9.17, 15) is 9.59 Å². The van der Waals surface area contributed by atoms with Gasteiger partial charge in [0.15, 0.2) is 5.91 Å². The van der Waals surface area contributed by atoms with Crippen molar-refractivity contribution in [1.82, 2.24) is 25.3 Å². The van der Waals surface area contributed by atoms with Gasteiger partial charge >= 0.3 is 0 Å². The Bertz CT molecular complexity index is 1140. The average molecular weight is 632 g/mol. The Morgan fingerprint density at radius 2 is 1.74 bits per heavy atom. The maximum absolute atomic E-state index is 13.5. The van der Waals surface area contributed by atoms with E-state index in [0.29, 0.717) is 23.2 Å². The molecule has 0 saturated heterocycles. The first kappa shape index (κ1) is 24.2. The van der Waals surface area contributed by atoms with E-state index in [1.807, 2.05) is 38.1 Å². The van der Waals surface area contributed by atoms with E-state index in [4.69, 9.17) is 0 Å². The molecule has 1 aromatic carbocycles. The van der Waals surface area contributed by atoms with Gasteiger partial charge in [-0.1, -0.05) is 18.2 Å². The molecular formula is C25H29N6O2Re-. The van der Waals surface area contributed by atoms with Crippen LogP contribution in [0.15, 0.2) is 36.5 Å². The Morgan fingerprint density at radius 1 is 1.09 bits per heavy atom. The SMILES string of the molecule is [CH2-]n1nccc1C(=O)N[C@H](C(=O)Nc1ccc(-c2c(C)n[nH]c2C)cc1)C(C1CC1)C1CC1.[Re]. The second-order valence-electron chi connectivity index (χ2n) is 9.29. The third-order valence-corrected chi connectivity index (χ3v) is 6.81. The van der Waals surface area contributed by atoms with Gasteiger partial charge in [-0.2, -0.15) is 12.1 Å². The maximum Gasteiger partial charge on any atom is 0.247 e. The van der Waals surface area contributed by atoms with Gasteiger partial charge in [-0.3, -0.25) is 14.7 Å². The van der Waals surface area contributed by atoms with Gasteiger partial charge in [0, 0.05) is 43.6 Å². The van der Waals surface area contributed by atoms with Crippen LogP contribution in [0.1, 0.15) is 47.6 Å². The average Bonchev–Trinajstić information content (AvgIpc) is 3.72. The molecule has 2 amide bonds. The number of aromatic nitrogens is 4. The third kappa shape index (κ3) is 4.96. The van der Waals surface area contributed by atoms with Crippen LogP contribution in [-0.2, 0) is 25.2 Å². The molecule has 2 aromatic heterocycles. The van der Waals surface area contributed by atoms with Gasteiger partial charge < -0.3 is 15.3 Å². The molecule has 0 unspecified atom stereocenters. The summed E-state index contributed by atoms with van der Waals surface area (Å²) in [5.41, 5.74) is 5.11. The van der Waals surface area contributed by atoms with Crippen molar-refractivity contribution in [2.24, 2.45) is 17.8 Å². The number of nitrogens with zero attached hydrogens (tertiary/aromatic N) is 3. The standard InChI is InChI=1S/C25H29N6O2.Re/c1-14-21(15(2)30-29-14)16-8-10-19(11-9-16)27-25(33)23(22(17-4-5-17)18-6-7-18)28-24(32)20-12-13-26-31(20)3;/h8-13,17-18,22-23H,3-7H2,1-2H3,(H,27,33)(H,28,32)(H,29,30);/q-1;/t23-;/m0./s1. The van der Waals surface area contributed by atoms with Crippen molar-refractivity contribution in [3.05, 3.63) is 60.7 Å². The number of carbonyl (C=O) groups is 2. The van der Waals surface area contributed by atoms with Gasteiger partial charge in [-0.25, -0.2) is 5.10 Å². The van der Waals surface area contributed by atoms with Crippen LogP contribution in [0.2, 0.25) is 0 Å². The number of hydrogen-bond donors (Lipinski definition) is 3. The summed E-state index contributed by atoms with van der Waals surface area (Å²) in [6.45, 7) is 3.96. The maximum atomic E-state index is 13.5. The molecule has 9 heteroatoms. The Hall–Kier alpha value is -2.89. The van der Waals surface area contributed by atoms with Gasteiger partial charge in [0.1, 0.15) is 6.04 Å². The fraction of sp³-hybridized carbons (Fsp3) is 0.400. The molecule has 0 spiro atoms. The van der Waals surface area contributed by atoms with Crippen molar-refractivity contribution in [3.63, 3.8) is 0 Å². The Morgan fingerprint density at radius 3 is 2.24 bits per heavy atom. The summed E-state index contributed by atoms with van der Waals surface area (Å²) in [6.07, 6.45) is 6.00. The first-order valence-electron chi connectivity index (χ1n) is 11.5. The van der Waals surface area contributed by atoms with Crippen molar-refractivity contribution in [1.29, 1.82) is 0 Å². The summed E-state index contributed by atoms with van der Waals surface area (Å²) in [6, 6.07) is 8.77. The number of benzene rings is 1. The number of nitrogens with one attached hydrogen (secondary N) is 3. The van der Waals surface area contributed by atoms with Gasteiger partial charge in [-0.15, -0.1) is 0 Å². The number of hydrogen-bond acceptors (Lipinski definition) is 4. The topological polar surface area (TPSA) is 105 Å². The molecule has 0 bridgehead atoms. The molecule has 2 saturated carbocycles. The van der Waals surface area contributed by atoms with Gasteiger partial charge in [-0.05, 0) is 80.7 Å². The van der Waals surface area contributed by atoms with E-state index in [0.717, 1.165) is 48.2 Å². The second kappa shape index (κ2) is 9.77. The summed E-state index contributed by atoms with van der Waals surface area (Å²) in [5, 5.41) is 17.3. The van der Waals surface area contributed by atoms with Crippen LogP contribution < -0.4 is 10.6 Å². The van der Waals surface area contributed by atoms with Gasteiger partial charge in [0.05, 0.1) is 5.69 Å². The zero-order valence-electron chi connectivity index (χ0n) is 19.3. The van der Waals surface area contributed by atoms with Gasteiger partial charge in [0.25, 0.3) is 0 Å². The molecule has 2 heterocycles. The Kier molecular flexibility index (Phi) is 6.97. The summed E-state index contributed by atoms with van der Waals surface area (Å²) in [4.78, 5) is 26.4. The normalized spacial score (nSPS) is 16.1. The molecule has 2 fully saturated rings. The van der Waals surface area contributed by atoms with Crippen molar-refractivity contribution in [2.45, 2.75) is 45.6 Å². The fourth-order valence-electron chi connectivity index (χ4n) is 4.89. The molecule has 8 nitrogen and oxygen atoms in total. The first-order chi connectivity index (χ1) is 15.9. The Balaban J connectivity index is 0.00000274. The summed E-state index contributed by atoms with van der Waals surface area (Å²) in [5.74, 6) is 0.645. The first-order valence-corrected chi connectivity index (χ1v) is 11.5. The number of aryl methyl sites for hydroxylation is 2. The molecule has 1 radical (unpaired) electrons. The number of anilines is 1. The quantitative estimate of drug-likeness (QED) is 0.330. The fourth-order valence-corrected chi connectivity index (χ4v) is 4.89. The van der Waals surface area contributed by atoms with Crippen molar-refractivity contribution in [3.8, 4) is 11.1 Å². The van der Waals surface area contributed by atoms with Crippen LogP contribution in [0, 0.1) is 38.6 Å². The number of H-pyrrole nitrogens is 1. The van der Waals surface area contributed by atoms with E-state index in [1.54, 1.807) is 6.07 Å². The summed E-state index contributed by atoms with van der Waals surface area (Å²) in [7, 11) is 3.74. The van der Waals surface area contributed by atoms with E-state index in [-0.39, 0.29) is 38.2 Å². The number of carbonyl (C=O) groups excluding carboxylic acids is 2. The number of aromatic amines is 1. The molecule has 1 atom stereocenters. The molecule has 2 aliphatic rings. The zero-order valence-corrected chi connectivity index (χ0v) is 22.1. The van der Waals surface area contributed by atoms with Crippen molar-refractivity contribution >= 4 is 17.5 Å². The second-order valence-corrected chi connectivity index (χ2v) is 9.29. The summed E-state index contributed by atoms with van der Waals surface area (Å²) < 4.78 is 1.28. The predicted octanol–water partition coefficient (Wildman–Crippen LogP) is 3.70. The molecule has 3 aromatic rings. The molecular weight excluding hydrogens is 603 g/mol. The van der Waals surface area contributed by atoms with E-state index < -0.39 is 6.04 Å². The number of amides is 2.